The summed E-state index contributed by atoms with van der Waals surface area (Å²) < 4.78 is 6.48. The monoisotopic (exact) mass is 469 g/mol. The number of Topliss-reactive ketones (excluding diaryl/α,β-unsaturated/α-hetero) is 1. The van der Waals surface area contributed by atoms with Gasteiger partial charge in [-0.05, 0) is 36.2 Å². The van der Waals surface area contributed by atoms with Crippen LogP contribution >= 0.6 is 15.9 Å². The molecule has 2 aromatic rings. The van der Waals surface area contributed by atoms with Gasteiger partial charge in [-0.25, -0.2) is 0 Å². The summed E-state index contributed by atoms with van der Waals surface area (Å²) >= 11 is 3.37. The highest BCUT2D eigenvalue weighted by molar-refractivity contribution is 9.10. The van der Waals surface area contributed by atoms with Crippen molar-refractivity contribution in [2.75, 3.05) is 13.2 Å². The third-order valence-corrected chi connectivity index (χ3v) is 5.48. The van der Waals surface area contributed by atoms with Crippen molar-refractivity contribution in [1.82, 2.24) is 4.90 Å². The first-order valence-corrected chi connectivity index (χ1v) is 10.6. The molecule has 0 aliphatic carbocycles. The lowest BCUT2D eigenvalue weighted by Crippen LogP contribution is -2.30. The van der Waals surface area contributed by atoms with E-state index >= 15 is 0 Å². The van der Waals surface area contributed by atoms with E-state index in [-0.39, 0.29) is 11.3 Å². The zero-order valence-corrected chi connectivity index (χ0v) is 18.4. The Morgan fingerprint density at radius 3 is 2.63 bits per heavy atom. The number of nitrogens with zero attached hydrogens (tertiary/aromatic N) is 1. The van der Waals surface area contributed by atoms with E-state index < -0.39 is 17.7 Å². The predicted molar refractivity (Wildman–Crippen MR) is 120 cm³/mol. The molecule has 1 aliphatic rings. The molecule has 1 atom stereocenters. The minimum absolute atomic E-state index is 0.0966. The fourth-order valence-electron chi connectivity index (χ4n) is 3.48. The molecule has 1 aliphatic heterocycles. The summed E-state index contributed by atoms with van der Waals surface area (Å²) in [4.78, 5) is 27.3. The molecule has 0 aromatic heterocycles. The normalized spacial score (nSPS) is 17.9. The summed E-state index contributed by atoms with van der Waals surface area (Å²) in [7, 11) is 0. The van der Waals surface area contributed by atoms with Crippen LogP contribution in [-0.2, 0) is 9.59 Å². The highest BCUT2D eigenvalue weighted by atomic mass is 79.9. The molecule has 1 fully saturated rings. The number of hydrogen-bond donors (Lipinski definition) is 1. The molecule has 30 heavy (non-hydrogen) atoms. The SMILES string of the molecule is C=CCOc1cccc(C2/C(=C(/O)c3ccc(Br)cc3)C(=O)C(=O)N2CCCC)c1. The number of ether oxygens (including phenoxy) is 1. The van der Waals surface area contributed by atoms with Crippen molar-refractivity contribution in [1.29, 1.82) is 0 Å². The number of carbonyl (C=O) groups excluding carboxylic acids is 2. The van der Waals surface area contributed by atoms with Gasteiger partial charge in [-0.3, -0.25) is 9.59 Å². The summed E-state index contributed by atoms with van der Waals surface area (Å²) in [6.45, 7) is 6.45. The second-order valence-electron chi connectivity index (χ2n) is 7.03. The van der Waals surface area contributed by atoms with E-state index in [1.807, 2.05) is 19.1 Å². The summed E-state index contributed by atoms with van der Waals surface area (Å²) in [5.74, 6) is -0.835. The van der Waals surface area contributed by atoms with Crippen LogP contribution in [0, 0.1) is 0 Å². The van der Waals surface area contributed by atoms with Gasteiger partial charge in [0.05, 0.1) is 11.6 Å². The van der Waals surface area contributed by atoms with Gasteiger partial charge >= 0.3 is 0 Å². The lowest BCUT2D eigenvalue weighted by Gasteiger charge is -2.25. The van der Waals surface area contributed by atoms with E-state index in [2.05, 4.69) is 22.5 Å². The Balaban J connectivity index is 2.12. The molecule has 156 valence electrons. The number of carbonyl (C=O) groups is 2. The van der Waals surface area contributed by atoms with Gasteiger partial charge in [-0.1, -0.05) is 66.2 Å². The zero-order chi connectivity index (χ0) is 21.7. The van der Waals surface area contributed by atoms with Crippen LogP contribution in [0.1, 0.15) is 36.9 Å². The maximum absolute atomic E-state index is 12.9. The topological polar surface area (TPSA) is 66.8 Å². The van der Waals surface area contributed by atoms with Crippen LogP contribution in [0.4, 0.5) is 0 Å². The average Bonchev–Trinajstić information content (AvgIpc) is 3.01. The van der Waals surface area contributed by atoms with E-state index in [1.165, 1.54) is 0 Å². The Morgan fingerprint density at radius 1 is 1.23 bits per heavy atom. The van der Waals surface area contributed by atoms with Crippen molar-refractivity contribution in [2.24, 2.45) is 0 Å². The van der Waals surface area contributed by atoms with E-state index in [4.69, 9.17) is 4.74 Å². The molecular formula is C24H24BrNO4. The lowest BCUT2D eigenvalue weighted by molar-refractivity contribution is -0.139. The predicted octanol–water partition coefficient (Wildman–Crippen LogP) is 5.24. The molecule has 6 heteroatoms. The molecule has 1 N–H and O–H groups in total. The second kappa shape index (κ2) is 9.76. The van der Waals surface area contributed by atoms with Crippen molar-refractivity contribution in [3.63, 3.8) is 0 Å². The summed E-state index contributed by atoms with van der Waals surface area (Å²) in [5.41, 5.74) is 1.29. The molecule has 3 rings (SSSR count). The number of ketones is 1. The number of aliphatic hydroxyl groups excluding tert-OH is 1. The molecule has 1 heterocycles. The Kier molecular flexibility index (Phi) is 7.11. The van der Waals surface area contributed by atoms with Crippen molar-refractivity contribution < 1.29 is 19.4 Å². The minimum atomic E-state index is -0.674. The highest BCUT2D eigenvalue weighted by Crippen LogP contribution is 2.40. The van der Waals surface area contributed by atoms with Crippen LogP contribution in [0.2, 0.25) is 0 Å². The first kappa shape index (κ1) is 21.8. The Hall–Kier alpha value is -2.86. The quantitative estimate of drug-likeness (QED) is 0.248. The van der Waals surface area contributed by atoms with Gasteiger partial charge < -0.3 is 14.7 Å². The van der Waals surface area contributed by atoms with E-state index in [0.29, 0.717) is 30.0 Å². The van der Waals surface area contributed by atoms with E-state index in [1.54, 1.807) is 47.4 Å². The molecule has 0 spiro atoms. The average molecular weight is 470 g/mol. The number of likely N-dealkylation sites (tertiary alicyclic amines) is 1. The molecule has 0 saturated carbocycles. The summed E-state index contributed by atoms with van der Waals surface area (Å²) in [6.07, 6.45) is 3.28. The highest BCUT2D eigenvalue weighted by Gasteiger charge is 2.45. The summed E-state index contributed by atoms with van der Waals surface area (Å²) in [6, 6.07) is 13.6. The smallest absolute Gasteiger partial charge is 0.295 e. The molecular weight excluding hydrogens is 446 g/mol. The molecule has 0 radical (unpaired) electrons. The van der Waals surface area contributed by atoms with Crippen LogP contribution < -0.4 is 4.74 Å². The van der Waals surface area contributed by atoms with Crippen molar-refractivity contribution >= 4 is 33.4 Å². The molecule has 1 saturated heterocycles. The molecule has 0 bridgehead atoms. The van der Waals surface area contributed by atoms with Crippen molar-refractivity contribution in [2.45, 2.75) is 25.8 Å². The summed E-state index contributed by atoms with van der Waals surface area (Å²) in [5, 5.41) is 11.0. The molecule has 1 amide bonds. The van der Waals surface area contributed by atoms with Crippen LogP contribution in [0.15, 0.2) is 71.2 Å². The standard InChI is InChI=1S/C24H24BrNO4/c1-3-5-13-26-21(17-7-6-8-19(15-17)30-14-4-2)20(23(28)24(26)29)22(27)16-9-11-18(25)12-10-16/h4,6-12,15,21,27H,2-3,5,13-14H2,1H3/b22-20-. The number of benzene rings is 2. The first-order chi connectivity index (χ1) is 14.5. The van der Waals surface area contributed by atoms with Gasteiger partial charge in [-0.2, -0.15) is 0 Å². The number of aliphatic hydroxyl groups is 1. The van der Waals surface area contributed by atoms with Crippen molar-refractivity contribution in [3.05, 3.63) is 82.4 Å². The lowest BCUT2D eigenvalue weighted by atomic mass is 9.95. The Bertz CT molecular complexity index is 981. The van der Waals surface area contributed by atoms with Crippen LogP contribution in [0.5, 0.6) is 5.75 Å². The maximum atomic E-state index is 12.9. The Labute approximate surface area is 184 Å². The third kappa shape index (κ3) is 4.49. The fraction of sp³-hybridized carbons (Fsp3) is 0.250. The molecule has 5 nitrogen and oxygen atoms in total. The van der Waals surface area contributed by atoms with Gasteiger partial charge in [0, 0.05) is 16.6 Å². The van der Waals surface area contributed by atoms with Crippen LogP contribution in [-0.4, -0.2) is 34.8 Å². The van der Waals surface area contributed by atoms with Crippen molar-refractivity contribution in [3.8, 4) is 5.75 Å². The second-order valence-corrected chi connectivity index (χ2v) is 7.94. The Morgan fingerprint density at radius 2 is 1.97 bits per heavy atom. The van der Waals surface area contributed by atoms with Crippen LogP contribution in [0.3, 0.4) is 0 Å². The third-order valence-electron chi connectivity index (χ3n) is 4.95. The first-order valence-electron chi connectivity index (χ1n) is 9.86. The minimum Gasteiger partial charge on any atom is -0.507 e. The van der Waals surface area contributed by atoms with Gasteiger partial charge in [0.1, 0.15) is 18.1 Å². The van der Waals surface area contributed by atoms with E-state index in [9.17, 15) is 14.7 Å². The van der Waals surface area contributed by atoms with Gasteiger partial charge in [0.25, 0.3) is 11.7 Å². The van der Waals surface area contributed by atoms with E-state index in [0.717, 1.165) is 17.3 Å². The fourth-order valence-corrected chi connectivity index (χ4v) is 3.74. The largest absolute Gasteiger partial charge is 0.507 e. The van der Waals surface area contributed by atoms with Gasteiger partial charge in [0.2, 0.25) is 0 Å². The number of halogens is 1. The van der Waals surface area contributed by atoms with Gasteiger partial charge in [0.15, 0.2) is 0 Å². The number of rotatable bonds is 8. The van der Waals surface area contributed by atoms with Crippen LogP contribution in [0.25, 0.3) is 5.76 Å². The maximum Gasteiger partial charge on any atom is 0.295 e. The zero-order valence-electron chi connectivity index (χ0n) is 16.8. The van der Waals surface area contributed by atoms with Gasteiger partial charge in [-0.15, -0.1) is 0 Å². The molecule has 1 unspecified atom stereocenters. The number of amides is 1. The number of hydrogen-bond acceptors (Lipinski definition) is 4. The molecule has 2 aromatic carbocycles. The number of unbranched alkanes of at least 4 members (excludes halogenated alkanes) is 1.